The number of hydrogen-bond acceptors (Lipinski definition) is 0. The van der Waals surface area contributed by atoms with E-state index in [0.717, 1.165) is 22.7 Å². The Morgan fingerprint density at radius 2 is 1.85 bits per heavy atom. The highest BCUT2D eigenvalue weighted by atomic mass is 14.7. The van der Waals surface area contributed by atoms with Gasteiger partial charge in [0.2, 0.25) is 0 Å². The van der Waals surface area contributed by atoms with Crippen LogP contribution in [-0.4, -0.2) is 0 Å². The van der Waals surface area contributed by atoms with Crippen LogP contribution < -0.4 is 0 Å². The van der Waals surface area contributed by atoms with Gasteiger partial charge in [-0.2, -0.15) is 0 Å². The SMILES string of the molecule is CC[C@]1(C)[C@H]2CC[C@H](C2)C12CCC2. The fourth-order valence-corrected chi connectivity index (χ4v) is 5.11. The van der Waals surface area contributed by atoms with E-state index in [4.69, 9.17) is 0 Å². The van der Waals surface area contributed by atoms with Gasteiger partial charge in [0, 0.05) is 0 Å². The zero-order valence-corrected chi connectivity index (χ0v) is 9.10. The molecule has 2 bridgehead atoms. The third-order valence-electron chi connectivity index (χ3n) is 6.23. The van der Waals surface area contributed by atoms with E-state index < -0.39 is 0 Å². The molecule has 0 saturated heterocycles. The zero-order valence-electron chi connectivity index (χ0n) is 9.10. The lowest BCUT2D eigenvalue weighted by atomic mass is 9.47. The van der Waals surface area contributed by atoms with Gasteiger partial charge in [0.25, 0.3) is 0 Å². The van der Waals surface area contributed by atoms with Crippen LogP contribution in [0.1, 0.15) is 58.8 Å². The lowest BCUT2D eigenvalue weighted by molar-refractivity contribution is -0.0795. The van der Waals surface area contributed by atoms with Crippen LogP contribution in [0.15, 0.2) is 0 Å². The molecule has 0 radical (unpaired) electrons. The van der Waals surface area contributed by atoms with E-state index in [1.165, 1.54) is 12.8 Å². The fourth-order valence-electron chi connectivity index (χ4n) is 5.11. The minimum absolute atomic E-state index is 0.744. The van der Waals surface area contributed by atoms with Gasteiger partial charge in [0.1, 0.15) is 0 Å². The van der Waals surface area contributed by atoms with Crippen LogP contribution in [0.4, 0.5) is 0 Å². The standard InChI is InChI=1S/C13H22/c1-3-12(2)10-5-6-11(9-10)13(12)7-4-8-13/h10-11H,3-9H2,1-2H3/t10-,11+,12+/m0/s1. The summed E-state index contributed by atoms with van der Waals surface area (Å²) in [6.07, 6.45) is 10.8. The largest absolute Gasteiger partial charge is 0.0648 e. The zero-order chi connectivity index (χ0) is 9.10. The Morgan fingerprint density at radius 1 is 1.15 bits per heavy atom. The second-order valence-corrected chi connectivity index (χ2v) is 5.99. The van der Waals surface area contributed by atoms with Gasteiger partial charge in [-0.3, -0.25) is 0 Å². The second kappa shape index (κ2) is 2.32. The predicted octanol–water partition coefficient (Wildman–Crippen LogP) is 4.00. The summed E-state index contributed by atoms with van der Waals surface area (Å²) in [4.78, 5) is 0. The fraction of sp³-hybridized carbons (Fsp3) is 1.00. The van der Waals surface area contributed by atoms with Gasteiger partial charge in [-0.25, -0.2) is 0 Å². The first kappa shape index (κ1) is 8.32. The number of hydrogen-bond donors (Lipinski definition) is 0. The van der Waals surface area contributed by atoms with E-state index in [-0.39, 0.29) is 0 Å². The molecule has 3 saturated carbocycles. The molecule has 1 spiro atoms. The van der Waals surface area contributed by atoms with Crippen LogP contribution in [0.25, 0.3) is 0 Å². The average Bonchev–Trinajstić information content (AvgIpc) is 2.59. The summed E-state index contributed by atoms with van der Waals surface area (Å²) in [6.45, 7) is 5.04. The molecule has 0 aromatic carbocycles. The van der Waals surface area contributed by atoms with Crippen molar-refractivity contribution < 1.29 is 0 Å². The molecule has 0 amide bonds. The highest BCUT2D eigenvalue weighted by molar-refractivity contribution is 5.14. The normalized spacial score (nSPS) is 51.2. The molecule has 0 heterocycles. The third-order valence-corrected chi connectivity index (χ3v) is 6.23. The smallest absolute Gasteiger partial charge is 0.0213 e. The molecule has 3 atom stereocenters. The summed E-state index contributed by atoms with van der Waals surface area (Å²) in [6, 6.07) is 0. The van der Waals surface area contributed by atoms with Crippen LogP contribution in [0.5, 0.6) is 0 Å². The summed E-state index contributed by atoms with van der Waals surface area (Å²) in [7, 11) is 0. The molecule has 0 aliphatic heterocycles. The first-order valence-corrected chi connectivity index (χ1v) is 6.23. The third kappa shape index (κ3) is 0.714. The molecule has 3 aliphatic carbocycles. The van der Waals surface area contributed by atoms with E-state index in [2.05, 4.69) is 13.8 Å². The van der Waals surface area contributed by atoms with Gasteiger partial charge in [-0.05, 0) is 61.2 Å². The predicted molar refractivity (Wildman–Crippen MR) is 55.5 cm³/mol. The number of rotatable bonds is 1. The summed E-state index contributed by atoms with van der Waals surface area (Å²) in [5.74, 6) is 2.24. The molecule has 0 heteroatoms. The maximum atomic E-state index is 2.61. The molecule has 13 heavy (non-hydrogen) atoms. The molecule has 0 aromatic rings. The van der Waals surface area contributed by atoms with Gasteiger partial charge < -0.3 is 0 Å². The Labute approximate surface area is 82.1 Å². The van der Waals surface area contributed by atoms with Gasteiger partial charge in [-0.15, -0.1) is 0 Å². The lowest BCUT2D eigenvalue weighted by Crippen LogP contribution is -2.49. The first-order valence-electron chi connectivity index (χ1n) is 6.23. The molecule has 0 aromatic heterocycles. The van der Waals surface area contributed by atoms with Crippen LogP contribution in [0, 0.1) is 22.7 Å². The topological polar surface area (TPSA) is 0 Å². The van der Waals surface area contributed by atoms with Crippen molar-refractivity contribution in [2.45, 2.75) is 58.8 Å². The van der Waals surface area contributed by atoms with Crippen LogP contribution in [0.3, 0.4) is 0 Å². The summed E-state index contributed by atoms with van der Waals surface area (Å²) < 4.78 is 0. The number of fused-ring (bicyclic) bond motifs is 3. The Morgan fingerprint density at radius 3 is 2.31 bits per heavy atom. The van der Waals surface area contributed by atoms with Gasteiger partial charge in [0.05, 0.1) is 0 Å². The molecule has 0 N–H and O–H groups in total. The van der Waals surface area contributed by atoms with E-state index >= 15 is 0 Å². The molecule has 3 aliphatic rings. The highest BCUT2D eigenvalue weighted by Crippen LogP contribution is 2.74. The van der Waals surface area contributed by atoms with Crippen molar-refractivity contribution in [2.75, 3.05) is 0 Å². The van der Waals surface area contributed by atoms with Gasteiger partial charge in [-0.1, -0.05) is 20.3 Å². The summed E-state index contributed by atoms with van der Waals surface area (Å²) >= 11 is 0. The van der Waals surface area contributed by atoms with Crippen molar-refractivity contribution in [3.63, 3.8) is 0 Å². The summed E-state index contributed by atoms with van der Waals surface area (Å²) in [5.41, 5.74) is 1.58. The molecule has 0 unspecified atom stereocenters. The molecule has 3 rings (SSSR count). The second-order valence-electron chi connectivity index (χ2n) is 5.99. The molecule has 0 nitrogen and oxygen atoms in total. The maximum Gasteiger partial charge on any atom is -0.0213 e. The minimum atomic E-state index is 0.744. The van der Waals surface area contributed by atoms with Gasteiger partial charge >= 0.3 is 0 Å². The highest BCUT2D eigenvalue weighted by Gasteiger charge is 2.65. The average molecular weight is 178 g/mol. The van der Waals surface area contributed by atoms with Crippen LogP contribution in [0.2, 0.25) is 0 Å². The Balaban J connectivity index is 2.00. The quantitative estimate of drug-likeness (QED) is 0.569. The van der Waals surface area contributed by atoms with E-state index in [0.29, 0.717) is 0 Å². The molecular formula is C13H22. The minimum Gasteiger partial charge on any atom is -0.0648 e. The van der Waals surface area contributed by atoms with Crippen molar-refractivity contribution in [1.29, 1.82) is 0 Å². The van der Waals surface area contributed by atoms with E-state index in [1.54, 1.807) is 32.1 Å². The Bertz CT molecular complexity index is 211. The monoisotopic (exact) mass is 178 g/mol. The van der Waals surface area contributed by atoms with Crippen molar-refractivity contribution in [3.8, 4) is 0 Å². The van der Waals surface area contributed by atoms with Crippen molar-refractivity contribution in [2.24, 2.45) is 22.7 Å². The van der Waals surface area contributed by atoms with Crippen molar-refractivity contribution >= 4 is 0 Å². The maximum absolute atomic E-state index is 2.61. The Hall–Kier alpha value is 0. The summed E-state index contributed by atoms with van der Waals surface area (Å²) in [5, 5.41) is 0. The van der Waals surface area contributed by atoms with Crippen LogP contribution >= 0.6 is 0 Å². The van der Waals surface area contributed by atoms with E-state index in [9.17, 15) is 0 Å². The molecule has 74 valence electrons. The lowest BCUT2D eigenvalue weighted by Gasteiger charge is -2.57. The van der Waals surface area contributed by atoms with Crippen molar-refractivity contribution in [1.82, 2.24) is 0 Å². The first-order chi connectivity index (χ1) is 6.23. The Kier molecular flexibility index (Phi) is 1.49. The van der Waals surface area contributed by atoms with Crippen molar-refractivity contribution in [3.05, 3.63) is 0 Å². The molecule has 3 fully saturated rings. The van der Waals surface area contributed by atoms with E-state index in [1.807, 2.05) is 0 Å². The molecular weight excluding hydrogens is 156 g/mol. The van der Waals surface area contributed by atoms with Crippen LogP contribution in [-0.2, 0) is 0 Å². The van der Waals surface area contributed by atoms with Gasteiger partial charge in [0.15, 0.2) is 0 Å².